The highest BCUT2D eigenvalue weighted by Crippen LogP contribution is 2.19. The number of ether oxygens (including phenoxy) is 2. The molecule has 3 aromatic rings. The Balaban J connectivity index is 1.63. The third-order valence-electron chi connectivity index (χ3n) is 3.44. The fourth-order valence-electron chi connectivity index (χ4n) is 2.31. The average Bonchev–Trinajstić information content (AvgIpc) is 2.96. The van der Waals surface area contributed by atoms with Crippen LogP contribution in [-0.4, -0.2) is 17.0 Å². The Labute approximate surface area is 137 Å². The summed E-state index contributed by atoms with van der Waals surface area (Å²) < 4.78 is 25.4. The van der Waals surface area contributed by atoms with Crippen LogP contribution in [0.15, 0.2) is 54.9 Å². The van der Waals surface area contributed by atoms with Crippen molar-refractivity contribution in [2.45, 2.75) is 6.61 Å². The Morgan fingerprint density at radius 2 is 2.00 bits per heavy atom. The molecule has 5 nitrogen and oxygen atoms in total. The molecule has 6 heteroatoms. The molecule has 0 aliphatic rings. The van der Waals surface area contributed by atoms with Crippen LogP contribution >= 0.6 is 0 Å². The monoisotopic (exact) mass is 324 g/mol. The number of aromatic nitrogens is 1. The standard InChI is InChI=1S/C18H13FN2O3/c19-15-5-1-2-7-17(15)23-12-18(22)24-11-13-10-21-8-4-3-6-16(21)14(13)9-20/h1-8,10H,11-12H2. The van der Waals surface area contributed by atoms with Crippen LogP contribution in [0.1, 0.15) is 11.1 Å². The number of pyridine rings is 1. The zero-order valence-electron chi connectivity index (χ0n) is 12.6. The Morgan fingerprint density at radius 3 is 2.79 bits per heavy atom. The number of nitrogens with zero attached hydrogens (tertiary/aromatic N) is 2. The van der Waals surface area contributed by atoms with Crippen molar-refractivity contribution in [2.24, 2.45) is 0 Å². The Hall–Kier alpha value is -3.33. The van der Waals surface area contributed by atoms with Gasteiger partial charge in [-0.1, -0.05) is 18.2 Å². The number of fused-ring (bicyclic) bond motifs is 1. The summed E-state index contributed by atoms with van der Waals surface area (Å²) in [6.45, 7) is -0.458. The predicted octanol–water partition coefficient (Wildman–Crippen LogP) is 3.07. The smallest absolute Gasteiger partial charge is 0.344 e. The molecule has 0 bridgehead atoms. The van der Waals surface area contributed by atoms with E-state index in [1.54, 1.807) is 16.7 Å². The number of hydrogen-bond donors (Lipinski definition) is 0. The minimum absolute atomic E-state index is 0.0123. The summed E-state index contributed by atoms with van der Waals surface area (Å²) in [5, 5.41) is 9.28. The van der Waals surface area contributed by atoms with Crippen LogP contribution in [-0.2, 0) is 16.1 Å². The molecule has 0 radical (unpaired) electrons. The maximum absolute atomic E-state index is 13.4. The topological polar surface area (TPSA) is 63.7 Å². The van der Waals surface area contributed by atoms with E-state index in [9.17, 15) is 14.4 Å². The van der Waals surface area contributed by atoms with Gasteiger partial charge in [-0.15, -0.1) is 0 Å². The molecule has 1 aromatic carbocycles. The molecule has 0 N–H and O–H groups in total. The number of esters is 1. The molecule has 3 rings (SSSR count). The highest BCUT2D eigenvalue weighted by Gasteiger charge is 2.13. The van der Waals surface area contributed by atoms with Gasteiger partial charge in [0.25, 0.3) is 0 Å². The molecule has 0 atom stereocenters. The lowest BCUT2D eigenvalue weighted by Crippen LogP contribution is -2.15. The van der Waals surface area contributed by atoms with Gasteiger partial charge in [0.2, 0.25) is 0 Å². The molecule has 0 amide bonds. The fourth-order valence-corrected chi connectivity index (χ4v) is 2.31. The summed E-state index contributed by atoms with van der Waals surface area (Å²) in [4.78, 5) is 11.8. The molecule has 0 spiro atoms. The Bertz CT molecular complexity index is 927. The lowest BCUT2D eigenvalue weighted by Gasteiger charge is -2.07. The minimum Gasteiger partial charge on any atom is -0.479 e. The molecular weight excluding hydrogens is 311 g/mol. The van der Waals surface area contributed by atoms with Gasteiger partial charge in [0.1, 0.15) is 12.7 Å². The molecule has 0 aliphatic carbocycles. The summed E-state index contributed by atoms with van der Waals surface area (Å²) in [6.07, 6.45) is 3.54. The zero-order valence-corrected chi connectivity index (χ0v) is 12.6. The number of hydrogen-bond acceptors (Lipinski definition) is 4. The van der Waals surface area contributed by atoms with Crippen molar-refractivity contribution < 1.29 is 18.7 Å². The van der Waals surface area contributed by atoms with Gasteiger partial charge in [-0.05, 0) is 24.3 Å². The predicted molar refractivity (Wildman–Crippen MR) is 83.8 cm³/mol. The van der Waals surface area contributed by atoms with E-state index in [0.717, 1.165) is 5.52 Å². The van der Waals surface area contributed by atoms with E-state index in [-0.39, 0.29) is 12.4 Å². The summed E-state index contributed by atoms with van der Waals surface area (Å²) in [5.74, 6) is -1.20. The second-order valence-corrected chi connectivity index (χ2v) is 5.01. The van der Waals surface area contributed by atoms with Crippen molar-refractivity contribution in [1.29, 1.82) is 5.26 Å². The van der Waals surface area contributed by atoms with Crippen LogP contribution in [0.25, 0.3) is 5.52 Å². The highest BCUT2D eigenvalue weighted by atomic mass is 19.1. The maximum atomic E-state index is 13.4. The molecule has 0 aliphatic heterocycles. The van der Waals surface area contributed by atoms with Crippen LogP contribution in [0.4, 0.5) is 4.39 Å². The fraction of sp³-hybridized carbons (Fsp3) is 0.111. The second-order valence-electron chi connectivity index (χ2n) is 5.01. The summed E-state index contributed by atoms with van der Waals surface area (Å²) in [5.41, 5.74) is 1.80. The van der Waals surface area contributed by atoms with Gasteiger partial charge in [-0.2, -0.15) is 5.26 Å². The largest absolute Gasteiger partial charge is 0.479 e. The minimum atomic E-state index is -0.641. The first kappa shape index (κ1) is 15.6. The van der Waals surface area contributed by atoms with Crippen LogP contribution in [0, 0.1) is 17.1 Å². The number of para-hydroxylation sites is 1. The maximum Gasteiger partial charge on any atom is 0.344 e. The van der Waals surface area contributed by atoms with Gasteiger partial charge in [-0.25, -0.2) is 9.18 Å². The molecular formula is C18H13FN2O3. The second kappa shape index (κ2) is 6.84. The van der Waals surface area contributed by atoms with Gasteiger partial charge in [-0.3, -0.25) is 0 Å². The first-order chi connectivity index (χ1) is 11.7. The highest BCUT2D eigenvalue weighted by molar-refractivity contribution is 5.71. The van der Waals surface area contributed by atoms with Crippen molar-refractivity contribution >= 4 is 11.5 Å². The van der Waals surface area contributed by atoms with Crippen LogP contribution < -0.4 is 4.74 Å². The quantitative estimate of drug-likeness (QED) is 0.677. The van der Waals surface area contributed by atoms with E-state index >= 15 is 0 Å². The lowest BCUT2D eigenvalue weighted by atomic mass is 10.2. The molecule has 2 aromatic heterocycles. The first-order valence-electron chi connectivity index (χ1n) is 7.20. The SMILES string of the molecule is N#Cc1c(COC(=O)COc2ccccc2F)cn2ccccc12. The summed E-state index contributed by atoms with van der Waals surface area (Å²) >= 11 is 0. The lowest BCUT2D eigenvalue weighted by molar-refractivity contribution is -0.147. The van der Waals surface area contributed by atoms with Crippen molar-refractivity contribution in [3.05, 3.63) is 71.8 Å². The van der Waals surface area contributed by atoms with Crippen molar-refractivity contribution in [2.75, 3.05) is 6.61 Å². The summed E-state index contributed by atoms with van der Waals surface area (Å²) in [7, 11) is 0. The van der Waals surface area contributed by atoms with E-state index in [4.69, 9.17) is 9.47 Å². The van der Waals surface area contributed by atoms with Gasteiger partial charge >= 0.3 is 5.97 Å². The third kappa shape index (κ3) is 3.20. The van der Waals surface area contributed by atoms with Crippen LogP contribution in [0.5, 0.6) is 5.75 Å². The molecule has 0 saturated carbocycles. The number of carbonyl (C=O) groups is 1. The molecule has 0 unspecified atom stereocenters. The number of benzene rings is 1. The third-order valence-corrected chi connectivity index (χ3v) is 3.44. The van der Waals surface area contributed by atoms with Crippen LogP contribution in [0.2, 0.25) is 0 Å². The van der Waals surface area contributed by atoms with E-state index in [0.29, 0.717) is 11.1 Å². The van der Waals surface area contributed by atoms with Crippen molar-refractivity contribution in [1.82, 2.24) is 4.40 Å². The van der Waals surface area contributed by atoms with Crippen LogP contribution in [0.3, 0.4) is 0 Å². The molecule has 0 fully saturated rings. The van der Waals surface area contributed by atoms with E-state index < -0.39 is 18.4 Å². The normalized spacial score (nSPS) is 10.3. The zero-order chi connectivity index (χ0) is 16.9. The van der Waals surface area contributed by atoms with Gasteiger partial charge < -0.3 is 13.9 Å². The van der Waals surface area contributed by atoms with E-state index in [1.165, 1.54) is 18.2 Å². The number of carbonyl (C=O) groups excluding carboxylic acids is 1. The molecule has 24 heavy (non-hydrogen) atoms. The van der Waals surface area contributed by atoms with E-state index in [1.807, 2.05) is 24.4 Å². The number of nitriles is 1. The first-order valence-corrected chi connectivity index (χ1v) is 7.20. The average molecular weight is 324 g/mol. The Morgan fingerprint density at radius 1 is 1.21 bits per heavy atom. The van der Waals surface area contributed by atoms with Gasteiger partial charge in [0.15, 0.2) is 18.2 Å². The van der Waals surface area contributed by atoms with Gasteiger partial charge in [0.05, 0.1) is 11.1 Å². The van der Waals surface area contributed by atoms with Gasteiger partial charge in [0, 0.05) is 18.0 Å². The summed E-state index contributed by atoms with van der Waals surface area (Å²) in [6, 6.07) is 13.4. The number of rotatable bonds is 5. The molecule has 0 saturated heterocycles. The van der Waals surface area contributed by atoms with Crippen molar-refractivity contribution in [3.8, 4) is 11.8 Å². The molecule has 2 heterocycles. The van der Waals surface area contributed by atoms with Crippen molar-refractivity contribution in [3.63, 3.8) is 0 Å². The molecule has 120 valence electrons. The Kier molecular flexibility index (Phi) is 4.43. The number of halogens is 1. The van der Waals surface area contributed by atoms with E-state index in [2.05, 4.69) is 6.07 Å².